The lowest BCUT2D eigenvalue weighted by molar-refractivity contribution is 0.0590. The molecule has 1 saturated carbocycles. The molecular weight excluding hydrogens is 851 g/mol. The summed E-state index contributed by atoms with van der Waals surface area (Å²) >= 11 is 0. The first kappa shape index (κ1) is 41.8. The summed E-state index contributed by atoms with van der Waals surface area (Å²) in [6, 6.07) is 14.1. The predicted octanol–water partition coefficient (Wildman–Crippen LogP) is 6.65. The molecule has 2 N–H and O–H groups in total. The molecule has 1 aliphatic carbocycles. The number of hydrogen-bond donors (Lipinski definition) is 2. The van der Waals surface area contributed by atoms with E-state index in [0.717, 1.165) is 23.7 Å². The first-order chi connectivity index (χ1) is 31.6. The van der Waals surface area contributed by atoms with Crippen LogP contribution in [-0.2, 0) is 23.2 Å². The minimum atomic E-state index is -1.10. The Balaban J connectivity index is 1.04. The maximum atomic E-state index is 16.4. The third-order valence-corrected chi connectivity index (χ3v) is 13.7. The largest absolute Gasteiger partial charge is 0.438 e. The maximum Gasteiger partial charge on any atom is 0.438 e. The average Bonchev–Trinajstić information content (AvgIpc) is 3.76. The van der Waals surface area contributed by atoms with Crippen molar-refractivity contribution in [2.45, 2.75) is 96.4 Å². The lowest BCUT2D eigenvalue weighted by Crippen LogP contribution is -2.41. The first-order valence-electron chi connectivity index (χ1n) is 22.3. The fraction of sp³-hybridized carbons (Fsp3) is 0.375. The molecule has 1 saturated heterocycles. The molecule has 3 aromatic carbocycles. The van der Waals surface area contributed by atoms with E-state index >= 15 is 13.6 Å². The Morgan fingerprint density at radius 2 is 1.70 bits per heavy atom. The number of hydrogen-bond acceptors (Lipinski definition) is 9. The van der Waals surface area contributed by atoms with Crippen molar-refractivity contribution in [3.63, 3.8) is 0 Å². The molecule has 5 aromatic heterocycles. The molecule has 16 nitrogen and oxygen atoms in total. The van der Waals surface area contributed by atoms with E-state index < -0.39 is 34.4 Å². The van der Waals surface area contributed by atoms with Crippen LogP contribution in [0.15, 0.2) is 81.2 Å². The second-order valence-electron chi connectivity index (χ2n) is 18.7. The van der Waals surface area contributed by atoms with Crippen molar-refractivity contribution in [3.8, 4) is 17.2 Å². The number of aliphatic hydroxyl groups is 1. The van der Waals surface area contributed by atoms with E-state index in [9.17, 15) is 14.7 Å². The van der Waals surface area contributed by atoms with Crippen molar-refractivity contribution in [1.82, 2.24) is 48.3 Å². The van der Waals surface area contributed by atoms with Gasteiger partial charge in [-0.05, 0) is 125 Å². The normalized spacial score (nSPS) is 17.6. The molecule has 2 aliphatic heterocycles. The Kier molecular flexibility index (Phi) is 9.53. The summed E-state index contributed by atoms with van der Waals surface area (Å²) in [5.41, 5.74) is 2.83. The number of aromatic amines is 1. The molecule has 0 unspecified atom stereocenters. The highest BCUT2D eigenvalue weighted by Crippen LogP contribution is 2.51. The Morgan fingerprint density at radius 1 is 0.970 bits per heavy atom. The molecule has 18 heteroatoms. The smallest absolute Gasteiger partial charge is 0.389 e. The van der Waals surface area contributed by atoms with Gasteiger partial charge in [0.1, 0.15) is 22.9 Å². The van der Waals surface area contributed by atoms with Crippen LogP contribution in [0.1, 0.15) is 103 Å². The summed E-state index contributed by atoms with van der Waals surface area (Å²) in [5, 5.41) is 25.0. The third kappa shape index (κ3) is 6.59. The van der Waals surface area contributed by atoms with E-state index in [1.807, 2.05) is 23.6 Å². The van der Waals surface area contributed by atoms with Crippen molar-refractivity contribution >= 4 is 27.7 Å². The Hall–Kier alpha value is -6.92. The molecule has 1 atom stereocenters. The molecule has 1 amide bonds. The van der Waals surface area contributed by atoms with Crippen molar-refractivity contribution in [2.24, 2.45) is 0 Å². The Bertz CT molecular complexity index is 3360. The van der Waals surface area contributed by atoms with Crippen LogP contribution in [0.3, 0.4) is 0 Å². The number of halogens is 2. The summed E-state index contributed by atoms with van der Waals surface area (Å²) < 4.78 is 49.9. The fourth-order valence-electron chi connectivity index (χ4n) is 10.3. The number of H-pyrrole nitrogens is 1. The number of nitrogens with one attached hydrogen (secondary N) is 1. The molecular formula is C48H48F2N10O6. The lowest BCUT2D eigenvalue weighted by Gasteiger charge is -2.34. The van der Waals surface area contributed by atoms with Crippen LogP contribution in [0.4, 0.5) is 8.78 Å². The fourth-order valence-corrected chi connectivity index (χ4v) is 10.3. The highest BCUT2D eigenvalue weighted by Gasteiger charge is 2.52. The Morgan fingerprint density at radius 3 is 2.39 bits per heavy atom. The van der Waals surface area contributed by atoms with Crippen LogP contribution >= 0.6 is 0 Å². The van der Waals surface area contributed by atoms with Gasteiger partial charge in [-0.25, -0.2) is 23.1 Å². The van der Waals surface area contributed by atoms with E-state index in [1.54, 1.807) is 55.5 Å². The van der Waals surface area contributed by atoms with Crippen molar-refractivity contribution in [2.75, 3.05) is 19.8 Å². The first-order valence-corrected chi connectivity index (χ1v) is 22.3. The quantitative estimate of drug-likeness (QED) is 0.161. The van der Waals surface area contributed by atoms with Crippen molar-refractivity contribution < 1.29 is 27.9 Å². The van der Waals surface area contributed by atoms with E-state index in [0.29, 0.717) is 89.3 Å². The summed E-state index contributed by atoms with van der Waals surface area (Å²) in [5.74, 6) is -0.994. The zero-order valence-electron chi connectivity index (χ0n) is 37.1. The van der Waals surface area contributed by atoms with Gasteiger partial charge in [-0.3, -0.25) is 28.1 Å². The maximum absolute atomic E-state index is 16.4. The van der Waals surface area contributed by atoms with Gasteiger partial charge in [0.2, 0.25) is 0 Å². The second-order valence-corrected chi connectivity index (χ2v) is 18.7. The average molecular weight is 899 g/mol. The molecule has 0 spiro atoms. The van der Waals surface area contributed by atoms with Gasteiger partial charge in [0.25, 0.3) is 5.91 Å². The molecule has 11 rings (SSSR count). The molecule has 0 radical (unpaired) electrons. The van der Waals surface area contributed by atoms with Gasteiger partial charge in [0.15, 0.2) is 11.6 Å². The lowest BCUT2D eigenvalue weighted by atomic mass is 9.91. The highest BCUT2D eigenvalue weighted by atomic mass is 19.1. The number of fused-ring (bicyclic) bond motifs is 3. The monoisotopic (exact) mass is 898 g/mol. The molecule has 3 aliphatic rings. The summed E-state index contributed by atoms with van der Waals surface area (Å²) in [6.07, 6.45) is 7.75. The van der Waals surface area contributed by atoms with Gasteiger partial charge in [-0.15, -0.1) is 0 Å². The summed E-state index contributed by atoms with van der Waals surface area (Å²) in [7, 11) is 0. The van der Waals surface area contributed by atoms with Crippen LogP contribution < -0.4 is 11.4 Å². The van der Waals surface area contributed by atoms with Gasteiger partial charge < -0.3 is 19.3 Å². The third-order valence-electron chi connectivity index (χ3n) is 13.7. The molecule has 0 bridgehead atoms. The number of carbonyl (C=O) groups is 1. The van der Waals surface area contributed by atoms with Gasteiger partial charge in [-0.2, -0.15) is 10.2 Å². The van der Waals surface area contributed by atoms with Crippen LogP contribution in [0.2, 0.25) is 0 Å². The number of nitrogens with zero attached hydrogens (tertiary/aromatic N) is 9. The highest BCUT2D eigenvalue weighted by molar-refractivity contribution is 6.00. The van der Waals surface area contributed by atoms with Crippen LogP contribution in [-0.4, -0.2) is 84.7 Å². The van der Waals surface area contributed by atoms with Crippen molar-refractivity contribution in [1.29, 1.82) is 0 Å². The number of benzene rings is 3. The topological polar surface area (TPSA) is 176 Å². The molecule has 8 aromatic rings. The molecule has 2 fully saturated rings. The summed E-state index contributed by atoms with van der Waals surface area (Å²) in [4.78, 5) is 47.0. The number of imidazole rings is 1. The number of ether oxygens (including phenoxy) is 1. The van der Waals surface area contributed by atoms with Crippen LogP contribution in [0.5, 0.6) is 0 Å². The Labute approximate surface area is 375 Å². The minimum Gasteiger partial charge on any atom is -0.389 e. The minimum absolute atomic E-state index is 0.0115. The zero-order valence-corrected chi connectivity index (χ0v) is 37.1. The molecule has 7 heterocycles. The number of aryl methyl sites for hydroxylation is 2. The zero-order chi connectivity index (χ0) is 46.0. The van der Waals surface area contributed by atoms with Gasteiger partial charge in [-0.1, -0.05) is 11.2 Å². The van der Waals surface area contributed by atoms with E-state index in [-0.39, 0.29) is 35.9 Å². The van der Waals surface area contributed by atoms with Gasteiger partial charge in [0, 0.05) is 55.0 Å². The number of aromatic nitrogens is 9. The number of amides is 1. The van der Waals surface area contributed by atoms with E-state index in [4.69, 9.17) is 14.4 Å². The molecule has 340 valence electrons. The van der Waals surface area contributed by atoms with Crippen LogP contribution in [0, 0.1) is 25.5 Å². The second kappa shape index (κ2) is 15.1. The molecule has 66 heavy (non-hydrogen) atoms. The van der Waals surface area contributed by atoms with E-state index in [2.05, 4.69) is 27.4 Å². The predicted molar refractivity (Wildman–Crippen MR) is 239 cm³/mol. The number of carbonyl (C=O) groups excluding carboxylic acids is 1. The van der Waals surface area contributed by atoms with Crippen LogP contribution in [0.25, 0.3) is 39.0 Å². The SMILES string of the molecule is Cc1cc(-n2nc3c(c2-n2ccn(-c4ccc5c(cnn5CC(C)(C)O)c4F)c2=O)[C@H](C)N(C(=O)c2cc4cc(C5CCOCC5)ccc4n2C2(c4noc(=O)[nH]4)CC2)CC3)cc(C)c1F. The van der Waals surface area contributed by atoms with Gasteiger partial charge in [0.05, 0.1) is 52.4 Å². The van der Waals surface area contributed by atoms with Gasteiger partial charge >= 0.3 is 11.4 Å². The summed E-state index contributed by atoms with van der Waals surface area (Å²) in [6.45, 7) is 10.3. The number of rotatable bonds is 9. The van der Waals surface area contributed by atoms with Crippen molar-refractivity contribution in [3.05, 3.63) is 139 Å². The standard InChI is InChI=1S/C48H48F2N10O6/c1-26-20-32(21-27(2)40(26)49)60-42(57-17-16-56(46(57)63)37-9-8-36-33(41(37)50)24-51-58(36)25-47(4,5)64)39-28(3)55(15-10-34(39)53-60)43(61)38-23-31-22-30(29-11-18-65-19-12-29)6-7-35(31)59(38)48(13-14-48)44-52-45(62)66-54-44/h6-9,16-17,20-24,28-29,64H,10-15,18-19,25H2,1-5H3,(H,52,54,62)/t28-/m0/s1. The van der Waals surface area contributed by atoms with E-state index in [1.165, 1.54) is 44.0 Å².